The average Bonchev–Trinajstić information content (AvgIpc) is 1.38. The van der Waals surface area contributed by atoms with Gasteiger partial charge in [-0.2, -0.15) is 0 Å². The molecule has 0 aliphatic heterocycles. The van der Waals surface area contributed by atoms with Gasteiger partial charge < -0.3 is 0 Å². The fraction of sp³-hybridized carbons (Fsp3) is 0. The van der Waals surface area contributed by atoms with Gasteiger partial charge in [0.2, 0.25) is 0 Å². The summed E-state index contributed by atoms with van der Waals surface area (Å²) in [6.07, 6.45) is 0. The summed E-state index contributed by atoms with van der Waals surface area (Å²) in [5, 5.41) is 0. The Balaban J connectivity index is 2.83. The summed E-state index contributed by atoms with van der Waals surface area (Å²) in [4.78, 5) is 0. The Hall–Kier alpha value is 0.765. The van der Waals surface area contributed by atoms with Crippen LogP contribution in [0.3, 0.4) is 0 Å². The number of thiol groups is 1. The molecule has 0 spiro atoms. The van der Waals surface area contributed by atoms with Gasteiger partial charge in [-0.25, -0.2) is 0 Å². The van der Waals surface area contributed by atoms with E-state index in [1.54, 1.807) is 6.05 Å². The Morgan fingerprint density at radius 1 is 2.00 bits per heavy atom. The molecule has 5 heteroatoms. The molecule has 0 bridgehead atoms. The predicted molar refractivity (Wildman–Crippen MR) is 36.6 cm³/mol. The van der Waals surface area contributed by atoms with E-state index in [1.165, 1.54) is 0 Å². The Kier molecular flexibility index (Phi) is 3.43. The zero-order chi connectivity index (χ0) is 4.28. The van der Waals surface area contributed by atoms with Crippen molar-refractivity contribution in [2.45, 2.75) is 0 Å². The van der Waals surface area contributed by atoms with Crippen molar-refractivity contribution < 1.29 is 0 Å². The first-order valence-corrected chi connectivity index (χ1v) is 2.39. The van der Waals surface area contributed by atoms with Crippen molar-refractivity contribution in [3.63, 3.8) is 0 Å². The molecular formula is H3B3S2. The second kappa shape index (κ2) is 2.97. The first kappa shape index (κ1) is 5.76. The summed E-state index contributed by atoms with van der Waals surface area (Å²) in [6, 6.07) is 1.61. The quantitative estimate of drug-likeness (QED) is 0.337. The number of hydrogen-bond acceptors (Lipinski definition) is 2. The van der Waals surface area contributed by atoms with Crippen molar-refractivity contribution in [2.24, 2.45) is 0 Å². The summed E-state index contributed by atoms with van der Waals surface area (Å²) in [7, 11) is 1.93. The molecule has 0 atom stereocenters. The van der Waals surface area contributed by atoms with Crippen LogP contribution in [0.15, 0.2) is 0 Å². The molecule has 0 saturated heterocycles. The molecule has 0 radical (unpaired) electrons. The molecule has 0 saturated carbocycles. The molecular weight excluding hydrogens is 96.6 g/mol. The molecule has 0 heterocycles. The zero-order valence-corrected chi connectivity index (χ0v) is 4.72. The molecule has 0 fully saturated rings. The first-order valence-electron chi connectivity index (χ1n) is 1.40. The molecule has 0 aliphatic rings. The van der Waals surface area contributed by atoms with E-state index in [0.717, 1.165) is 0 Å². The van der Waals surface area contributed by atoms with Gasteiger partial charge in [-0.1, -0.05) is 0 Å². The summed E-state index contributed by atoms with van der Waals surface area (Å²) < 4.78 is 0. The van der Waals surface area contributed by atoms with Gasteiger partial charge in [-0.15, -0.1) is 0 Å². The van der Waals surface area contributed by atoms with Crippen molar-refractivity contribution in [1.29, 1.82) is 0 Å². The molecule has 0 aromatic heterocycles. The van der Waals surface area contributed by atoms with Crippen molar-refractivity contribution in [1.82, 2.24) is 0 Å². The molecule has 0 aliphatic carbocycles. The monoisotopic (exact) mass is 100.0 g/mol. The van der Waals surface area contributed by atoms with Gasteiger partial charge in [-0.3, -0.25) is 0 Å². The van der Waals surface area contributed by atoms with E-state index in [4.69, 9.17) is 0 Å². The van der Waals surface area contributed by atoms with Crippen LogP contribution in [0.1, 0.15) is 0 Å². The molecule has 5 heavy (non-hydrogen) atoms. The van der Waals surface area contributed by atoms with Crippen molar-refractivity contribution in [3.8, 4) is 0 Å². The number of hydrogen-bond donors (Lipinski definition) is 1. The van der Waals surface area contributed by atoms with Crippen LogP contribution in [-0.4, -0.2) is 19.6 Å². The third-order valence-electron chi connectivity index (χ3n) is 0.197. The van der Waals surface area contributed by atoms with Crippen LogP contribution < -0.4 is 0 Å². The zero-order valence-electron chi connectivity index (χ0n) is 3.01. The van der Waals surface area contributed by atoms with Gasteiger partial charge in [0.25, 0.3) is 0 Å². The number of rotatable bonds is 1. The van der Waals surface area contributed by atoms with E-state index in [1.807, 2.05) is 7.74 Å². The molecule has 0 aromatic carbocycles. The summed E-state index contributed by atoms with van der Waals surface area (Å²) in [5.74, 6) is 0.269. The average molecular weight is 99.6 g/mol. The SMILES string of the molecule is BB(S)B=S. The van der Waals surface area contributed by atoms with Crippen LogP contribution >= 0.6 is 24.5 Å². The van der Waals surface area contributed by atoms with E-state index in [2.05, 4.69) is 24.5 Å². The van der Waals surface area contributed by atoms with Gasteiger partial charge in [0.15, 0.2) is 0 Å². The third-order valence-corrected chi connectivity index (χ3v) is 0.956. The van der Waals surface area contributed by atoms with Crippen molar-refractivity contribution in [2.75, 3.05) is 0 Å². The van der Waals surface area contributed by atoms with Crippen LogP contribution in [-0.2, 0) is 0 Å². The molecule has 0 amide bonds. The van der Waals surface area contributed by atoms with E-state index >= 15 is 0 Å². The standard InChI is InChI=1S/B3H3S2/c1-3(5)2-4/h5H,1H2. The van der Waals surface area contributed by atoms with Crippen molar-refractivity contribution >= 4 is 44.1 Å². The Bertz CT molecular complexity index is 31.9. The van der Waals surface area contributed by atoms with E-state index in [0.29, 0.717) is 0 Å². The fourth-order valence-corrected chi connectivity index (χ4v) is 0. The molecule has 24 valence electrons. The third kappa shape index (κ3) is 4.76. The van der Waals surface area contributed by atoms with Gasteiger partial charge in [-0.05, 0) is 0 Å². The Morgan fingerprint density at radius 3 is 2.20 bits per heavy atom. The van der Waals surface area contributed by atoms with Crippen LogP contribution in [0.25, 0.3) is 0 Å². The van der Waals surface area contributed by atoms with Gasteiger partial charge in [0, 0.05) is 0 Å². The topological polar surface area (TPSA) is 0 Å². The fourth-order valence-electron chi connectivity index (χ4n) is 0. The summed E-state index contributed by atoms with van der Waals surface area (Å²) in [6.45, 7) is 0. The van der Waals surface area contributed by atoms with Crippen LogP contribution in [0.5, 0.6) is 0 Å². The normalized spacial score (nSPS) is 5.80. The summed E-state index contributed by atoms with van der Waals surface area (Å²) in [5.41, 5.74) is 0. The van der Waals surface area contributed by atoms with E-state index in [-0.39, 0.29) is 5.77 Å². The van der Waals surface area contributed by atoms with Crippen LogP contribution in [0, 0.1) is 0 Å². The Labute approximate surface area is 44.6 Å². The van der Waals surface area contributed by atoms with Crippen LogP contribution in [0.2, 0.25) is 0 Å². The van der Waals surface area contributed by atoms with Gasteiger partial charge in [0.1, 0.15) is 0 Å². The maximum absolute atomic E-state index is 4.47. The Morgan fingerprint density at radius 2 is 2.20 bits per heavy atom. The molecule has 0 unspecified atom stereocenters. The first-order chi connectivity index (χ1) is 2.27. The molecule has 0 N–H and O–H groups in total. The van der Waals surface area contributed by atoms with Gasteiger partial charge in [0.05, 0.1) is 0 Å². The second-order valence-corrected chi connectivity index (χ2v) is 1.96. The van der Waals surface area contributed by atoms with E-state index < -0.39 is 0 Å². The predicted octanol–water partition coefficient (Wildman–Crippen LogP) is -0.649. The molecule has 0 aromatic rings. The minimum atomic E-state index is 0.269. The van der Waals surface area contributed by atoms with Crippen molar-refractivity contribution in [3.05, 3.63) is 0 Å². The van der Waals surface area contributed by atoms with Gasteiger partial charge >= 0.3 is 44.1 Å². The summed E-state index contributed by atoms with van der Waals surface area (Å²) >= 11 is 8.41. The van der Waals surface area contributed by atoms with Crippen LogP contribution in [0.4, 0.5) is 0 Å². The van der Waals surface area contributed by atoms with E-state index in [9.17, 15) is 0 Å². The maximum atomic E-state index is 4.47. The minimum absolute atomic E-state index is 0.269. The molecule has 0 rings (SSSR count). The molecule has 0 nitrogen and oxygen atoms in total. The second-order valence-electron chi connectivity index (χ2n) is 0.877.